The van der Waals surface area contributed by atoms with E-state index in [1.54, 1.807) is 38.1 Å². The first-order chi connectivity index (χ1) is 12.5. The Labute approximate surface area is 153 Å². The van der Waals surface area contributed by atoms with Crippen LogP contribution in [0.3, 0.4) is 0 Å². The highest BCUT2D eigenvalue weighted by Gasteiger charge is 2.60. The average Bonchev–Trinajstić information content (AvgIpc) is 3.19. The lowest BCUT2D eigenvalue weighted by Crippen LogP contribution is -2.69. The topological polar surface area (TPSA) is 95.5 Å². The number of likely N-dealkylation sites (N-methyl/N-ethyl adjacent to an activating group) is 1. The number of benzene rings is 1. The molecule has 26 heavy (non-hydrogen) atoms. The molecule has 1 N–H and O–H groups in total. The van der Waals surface area contributed by atoms with E-state index in [1.165, 1.54) is 21.1 Å². The highest BCUT2D eigenvalue weighted by molar-refractivity contribution is 7.15. The number of aromatic nitrogens is 2. The summed E-state index contributed by atoms with van der Waals surface area (Å²) in [5, 5.41) is 11.6. The van der Waals surface area contributed by atoms with Crippen molar-refractivity contribution in [2.24, 2.45) is 0 Å². The van der Waals surface area contributed by atoms with E-state index in [0.29, 0.717) is 22.9 Å². The Bertz CT molecular complexity index is 927. The van der Waals surface area contributed by atoms with Crippen LogP contribution in [0.2, 0.25) is 0 Å². The van der Waals surface area contributed by atoms with Gasteiger partial charge in [-0.1, -0.05) is 23.5 Å². The van der Waals surface area contributed by atoms with Gasteiger partial charge in [0.15, 0.2) is 0 Å². The molecule has 0 bridgehead atoms. The van der Waals surface area contributed by atoms with Crippen LogP contribution in [0.5, 0.6) is 0 Å². The van der Waals surface area contributed by atoms with Gasteiger partial charge in [-0.25, -0.2) is 0 Å². The van der Waals surface area contributed by atoms with Crippen molar-refractivity contribution >= 4 is 39.9 Å². The largest absolute Gasteiger partial charge is 0.307 e. The van der Waals surface area contributed by atoms with Crippen LogP contribution >= 0.6 is 11.3 Å². The summed E-state index contributed by atoms with van der Waals surface area (Å²) in [5.41, 5.74) is -0.468. The SMILES string of the molecule is CCN1C(=O)c2ccccc2N2C(=O)CC[C@@]12C(=O)Nc1nnc(C)s1. The minimum Gasteiger partial charge on any atom is -0.307 e. The number of carbonyl (C=O) groups excluding carboxylic acids is 3. The molecule has 2 aliphatic rings. The molecule has 1 fully saturated rings. The first-order valence-electron chi connectivity index (χ1n) is 8.34. The van der Waals surface area contributed by atoms with Gasteiger partial charge in [-0.15, -0.1) is 10.2 Å². The fourth-order valence-electron chi connectivity index (χ4n) is 3.75. The van der Waals surface area contributed by atoms with Crippen molar-refractivity contribution in [1.29, 1.82) is 0 Å². The van der Waals surface area contributed by atoms with Gasteiger partial charge in [-0.2, -0.15) is 0 Å². The molecule has 134 valence electrons. The van der Waals surface area contributed by atoms with E-state index in [2.05, 4.69) is 15.5 Å². The number of nitrogens with zero attached hydrogens (tertiary/aromatic N) is 4. The Kier molecular flexibility index (Phi) is 3.76. The van der Waals surface area contributed by atoms with E-state index < -0.39 is 11.6 Å². The minimum absolute atomic E-state index is 0.174. The molecule has 0 aliphatic carbocycles. The zero-order chi connectivity index (χ0) is 18.5. The second kappa shape index (κ2) is 5.87. The monoisotopic (exact) mass is 371 g/mol. The first-order valence-corrected chi connectivity index (χ1v) is 9.16. The molecular formula is C17H17N5O3S. The van der Waals surface area contributed by atoms with Crippen LogP contribution in [0, 0.1) is 6.92 Å². The molecule has 0 spiro atoms. The van der Waals surface area contributed by atoms with E-state index >= 15 is 0 Å². The van der Waals surface area contributed by atoms with Gasteiger partial charge >= 0.3 is 0 Å². The molecule has 8 nitrogen and oxygen atoms in total. The van der Waals surface area contributed by atoms with Gasteiger partial charge in [0.05, 0.1) is 11.3 Å². The number of para-hydroxylation sites is 1. The summed E-state index contributed by atoms with van der Waals surface area (Å²) in [6.07, 6.45) is 0.435. The molecule has 2 aliphatic heterocycles. The second-order valence-corrected chi connectivity index (χ2v) is 7.37. The zero-order valence-corrected chi connectivity index (χ0v) is 15.2. The lowest BCUT2D eigenvalue weighted by Gasteiger charge is -2.48. The number of rotatable bonds is 3. The molecule has 2 aromatic rings. The number of fused-ring (bicyclic) bond motifs is 3. The standard InChI is InChI=1S/C17H17N5O3S/c1-3-21-14(24)11-6-4-5-7-12(11)22-13(23)8-9-17(21,22)15(25)18-16-20-19-10(2)26-16/h4-7H,3,8-9H2,1-2H3,(H,18,20,25)/t17-/m1/s1. The molecule has 4 rings (SSSR count). The smallest absolute Gasteiger partial charge is 0.273 e. The Balaban J connectivity index is 1.85. The maximum atomic E-state index is 13.3. The molecule has 9 heteroatoms. The lowest BCUT2D eigenvalue weighted by atomic mass is 9.95. The van der Waals surface area contributed by atoms with Gasteiger partial charge in [0, 0.05) is 19.4 Å². The molecule has 3 heterocycles. The Morgan fingerprint density at radius 1 is 1.31 bits per heavy atom. The zero-order valence-electron chi connectivity index (χ0n) is 14.4. The maximum absolute atomic E-state index is 13.3. The van der Waals surface area contributed by atoms with Crippen molar-refractivity contribution < 1.29 is 14.4 Å². The normalized spacial score (nSPS) is 21.6. The van der Waals surface area contributed by atoms with Crippen LogP contribution in [-0.4, -0.2) is 45.0 Å². The molecular weight excluding hydrogens is 354 g/mol. The quantitative estimate of drug-likeness (QED) is 0.887. The molecule has 0 radical (unpaired) electrons. The van der Waals surface area contributed by atoms with Crippen LogP contribution in [0.15, 0.2) is 24.3 Å². The molecule has 0 unspecified atom stereocenters. The van der Waals surface area contributed by atoms with Crippen molar-refractivity contribution in [3.05, 3.63) is 34.8 Å². The number of hydrogen-bond acceptors (Lipinski definition) is 6. The molecule has 1 saturated heterocycles. The van der Waals surface area contributed by atoms with Crippen LogP contribution in [0.1, 0.15) is 35.1 Å². The third-order valence-corrected chi connectivity index (χ3v) is 5.55. The van der Waals surface area contributed by atoms with Crippen LogP contribution < -0.4 is 10.2 Å². The minimum atomic E-state index is -1.38. The molecule has 1 atom stereocenters. The number of amides is 3. The van der Waals surface area contributed by atoms with E-state index in [1.807, 2.05) is 0 Å². The van der Waals surface area contributed by atoms with Gasteiger partial charge in [0.2, 0.25) is 16.7 Å². The van der Waals surface area contributed by atoms with E-state index in [-0.39, 0.29) is 24.7 Å². The number of carbonyl (C=O) groups is 3. The van der Waals surface area contributed by atoms with Gasteiger partial charge in [0.25, 0.3) is 11.8 Å². The van der Waals surface area contributed by atoms with Gasteiger partial charge in [0.1, 0.15) is 5.01 Å². The van der Waals surface area contributed by atoms with Crippen LogP contribution in [0.25, 0.3) is 0 Å². The van der Waals surface area contributed by atoms with Crippen LogP contribution in [-0.2, 0) is 9.59 Å². The van der Waals surface area contributed by atoms with Crippen molar-refractivity contribution in [3.8, 4) is 0 Å². The molecule has 3 amide bonds. The average molecular weight is 371 g/mol. The Hall–Kier alpha value is -2.81. The summed E-state index contributed by atoms with van der Waals surface area (Å²) in [6.45, 7) is 3.90. The van der Waals surface area contributed by atoms with E-state index in [4.69, 9.17) is 0 Å². The van der Waals surface area contributed by atoms with Gasteiger partial charge in [-0.3, -0.25) is 24.6 Å². The first kappa shape index (κ1) is 16.6. The Morgan fingerprint density at radius 3 is 2.77 bits per heavy atom. The predicted molar refractivity (Wildman–Crippen MR) is 95.9 cm³/mol. The van der Waals surface area contributed by atoms with Crippen molar-refractivity contribution in [2.45, 2.75) is 32.4 Å². The molecule has 1 aromatic heterocycles. The summed E-state index contributed by atoms with van der Waals surface area (Å²) < 4.78 is 0. The van der Waals surface area contributed by atoms with Crippen molar-refractivity contribution in [3.63, 3.8) is 0 Å². The highest BCUT2D eigenvalue weighted by atomic mass is 32.1. The third kappa shape index (κ3) is 2.16. The summed E-state index contributed by atoms with van der Waals surface area (Å²) >= 11 is 1.25. The fraction of sp³-hybridized carbons (Fsp3) is 0.353. The molecule has 1 aromatic carbocycles. The second-order valence-electron chi connectivity index (χ2n) is 6.19. The van der Waals surface area contributed by atoms with Crippen LogP contribution in [0.4, 0.5) is 10.8 Å². The van der Waals surface area contributed by atoms with Crippen molar-refractivity contribution in [1.82, 2.24) is 15.1 Å². The van der Waals surface area contributed by atoms with E-state index in [0.717, 1.165) is 5.01 Å². The number of aryl methyl sites for hydroxylation is 1. The lowest BCUT2D eigenvalue weighted by molar-refractivity contribution is -0.128. The Morgan fingerprint density at radius 2 is 2.08 bits per heavy atom. The highest BCUT2D eigenvalue weighted by Crippen LogP contribution is 2.44. The number of anilines is 2. The summed E-state index contributed by atoms with van der Waals surface area (Å²) in [5.74, 6) is -0.867. The third-order valence-electron chi connectivity index (χ3n) is 4.80. The van der Waals surface area contributed by atoms with Gasteiger partial charge in [-0.05, 0) is 26.0 Å². The number of nitrogens with one attached hydrogen (secondary N) is 1. The fourth-order valence-corrected chi connectivity index (χ4v) is 4.34. The van der Waals surface area contributed by atoms with E-state index in [9.17, 15) is 14.4 Å². The van der Waals surface area contributed by atoms with Gasteiger partial charge < -0.3 is 4.90 Å². The maximum Gasteiger partial charge on any atom is 0.273 e. The summed E-state index contributed by atoms with van der Waals surface area (Å²) in [4.78, 5) is 42.0. The predicted octanol–water partition coefficient (Wildman–Crippen LogP) is 1.78. The summed E-state index contributed by atoms with van der Waals surface area (Å²) in [6, 6.07) is 6.90. The molecule has 0 saturated carbocycles. The van der Waals surface area contributed by atoms with Crippen molar-refractivity contribution in [2.75, 3.05) is 16.8 Å². The number of hydrogen-bond donors (Lipinski definition) is 1. The summed E-state index contributed by atoms with van der Waals surface area (Å²) in [7, 11) is 0.